The van der Waals surface area contributed by atoms with Crippen LogP contribution in [-0.2, 0) is 11.2 Å². The number of halogens is 2. The fourth-order valence-electron chi connectivity index (χ4n) is 3.33. The van der Waals surface area contributed by atoms with Crippen LogP contribution < -0.4 is 5.32 Å². The summed E-state index contributed by atoms with van der Waals surface area (Å²) in [4.78, 5) is 3.55. The van der Waals surface area contributed by atoms with Crippen molar-refractivity contribution in [2.45, 2.75) is 31.4 Å². The molecule has 3 rings (SSSR count). The number of morpholine rings is 1. The Labute approximate surface area is 158 Å². The minimum Gasteiger partial charge on any atom is -0.379 e. The number of aryl methyl sites for hydroxylation is 1. The molecule has 142 valence electrons. The van der Waals surface area contributed by atoms with Gasteiger partial charge in [0, 0.05) is 24.5 Å². The van der Waals surface area contributed by atoms with Crippen LogP contribution in [0.1, 0.15) is 22.9 Å². The number of rotatable bonds is 9. The van der Waals surface area contributed by atoms with Crippen LogP contribution in [0, 0.1) is 0 Å². The second-order valence-electron chi connectivity index (χ2n) is 6.55. The smallest absolute Gasteiger partial charge is 0.253 e. The molecule has 1 aromatic heterocycles. The van der Waals surface area contributed by atoms with Gasteiger partial charge in [-0.05, 0) is 29.9 Å². The van der Waals surface area contributed by atoms with E-state index in [1.165, 1.54) is 4.88 Å². The summed E-state index contributed by atoms with van der Waals surface area (Å²) < 4.78 is 32.5. The van der Waals surface area contributed by atoms with E-state index in [0.717, 1.165) is 18.7 Å². The zero-order valence-electron chi connectivity index (χ0n) is 14.8. The van der Waals surface area contributed by atoms with Crippen molar-refractivity contribution in [2.24, 2.45) is 0 Å². The Bertz CT molecular complexity index is 618. The summed E-state index contributed by atoms with van der Waals surface area (Å²) in [5, 5.41) is 5.19. The molecule has 26 heavy (non-hydrogen) atoms. The van der Waals surface area contributed by atoms with Gasteiger partial charge in [0.2, 0.25) is 0 Å². The van der Waals surface area contributed by atoms with Gasteiger partial charge < -0.3 is 10.1 Å². The summed E-state index contributed by atoms with van der Waals surface area (Å²) in [7, 11) is 0. The maximum atomic E-state index is 13.5. The van der Waals surface area contributed by atoms with E-state index in [1.54, 1.807) is 11.3 Å². The molecule has 0 aliphatic carbocycles. The quantitative estimate of drug-likeness (QED) is 0.712. The van der Waals surface area contributed by atoms with Gasteiger partial charge in [-0.15, -0.1) is 11.3 Å². The molecule has 0 bridgehead atoms. The van der Waals surface area contributed by atoms with Crippen molar-refractivity contribution in [3.8, 4) is 0 Å². The van der Waals surface area contributed by atoms with E-state index in [4.69, 9.17) is 4.74 Å². The van der Waals surface area contributed by atoms with E-state index < -0.39 is 12.5 Å². The Morgan fingerprint density at radius 1 is 1.08 bits per heavy atom. The van der Waals surface area contributed by atoms with Gasteiger partial charge in [0.15, 0.2) is 0 Å². The Hall–Kier alpha value is -1.34. The molecule has 3 nitrogen and oxygen atoms in total. The van der Waals surface area contributed by atoms with Gasteiger partial charge in [0.25, 0.3) is 6.43 Å². The lowest BCUT2D eigenvalue weighted by Crippen LogP contribution is -2.46. The van der Waals surface area contributed by atoms with Crippen LogP contribution in [0.4, 0.5) is 8.78 Å². The summed E-state index contributed by atoms with van der Waals surface area (Å²) in [6.45, 7) is 3.62. The summed E-state index contributed by atoms with van der Waals surface area (Å²) in [5.74, 6) is 0. The molecule has 2 aromatic rings. The first-order chi connectivity index (χ1) is 12.7. The minimum atomic E-state index is -2.37. The molecule has 6 heteroatoms. The third-order valence-electron chi connectivity index (χ3n) is 4.82. The SMILES string of the molecule is FC(F)C(CCc1ccccc1)NCC(c1cccs1)N1CCOCC1. The number of hydrogen-bond acceptors (Lipinski definition) is 4. The van der Waals surface area contributed by atoms with Crippen LogP contribution in [0.3, 0.4) is 0 Å². The second-order valence-corrected chi connectivity index (χ2v) is 7.53. The lowest BCUT2D eigenvalue weighted by atomic mass is 10.0. The summed E-state index contributed by atoms with van der Waals surface area (Å²) in [6, 6.07) is 13.3. The van der Waals surface area contributed by atoms with E-state index in [9.17, 15) is 8.78 Å². The molecule has 0 saturated carbocycles. The number of nitrogens with one attached hydrogen (secondary N) is 1. The van der Waals surface area contributed by atoms with Gasteiger partial charge in [0.1, 0.15) is 0 Å². The first-order valence-electron chi connectivity index (χ1n) is 9.14. The Kier molecular flexibility index (Phi) is 7.55. The third kappa shape index (κ3) is 5.58. The number of thiophene rings is 1. The lowest BCUT2D eigenvalue weighted by Gasteiger charge is -2.35. The molecule has 0 amide bonds. The average Bonchev–Trinajstić information content (AvgIpc) is 3.20. The zero-order valence-corrected chi connectivity index (χ0v) is 15.6. The molecular weight excluding hydrogens is 354 g/mol. The van der Waals surface area contributed by atoms with E-state index >= 15 is 0 Å². The van der Waals surface area contributed by atoms with E-state index in [0.29, 0.717) is 32.6 Å². The average molecular weight is 381 g/mol. The molecule has 1 aliphatic rings. The molecule has 2 heterocycles. The maximum Gasteiger partial charge on any atom is 0.253 e. The topological polar surface area (TPSA) is 24.5 Å². The van der Waals surface area contributed by atoms with Gasteiger partial charge in [-0.3, -0.25) is 4.90 Å². The van der Waals surface area contributed by atoms with Crippen molar-refractivity contribution in [1.82, 2.24) is 10.2 Å². The molecule has 1 aliphatic heterocycles. The number of nitrogens with zero attached hydrogens (tertiary/aromatic N) is 1. The fourth-order valence-corrected chi connectivity index (χ4v) is 4.19. The van der Waals surface area contributed by atoms with Crippen LogP contribution in [0.15, 0.2) is 47.8 Å². The lowest BCUT2D eigenvalue weighted by molar-refractivity contribution is 0.0137. The van der Waals surface area contributed by atoms with Gasteiger partial charge in [-0.2, -0.15) is 0 Å². The standard InChI is InChI=1S/C20H26F2N2OS/c21-20(22)17(9-8-16-5-2-1-3-6-16)23-15-18(19-7-4-14-26-19)24-10-12-25-13-11-24/h1-7,14,17-18,20,23H,8-13,15H2. The van der Waals surface area contributed by atoms with Crippen molar-refractivity contribution >= 4 is 11.3 Å². The molecule has 0 spiro atoms. The fraction of sp³-hybridized carbons (Fsp3) is 0.500. The monoisotopic (exact) mass is 380 g/mol. The number of hydrogen-bond donors (Lipinski definition) is 1. The molecule has 2 atom stereocenters. The third-order valence-corrected chi connectivity index (χ3v) is 5.80. The first-order valence-corrected chi connectivity index (χ1v) is 10.0. The molecular formula is C20H26F2N2OS. The Morgan fingerprint density at radius 3 is 2.50 bits per heavy atom. The first kappa shape index (κ1) is 19.4. The van der Waals surface area contributed by atoms with Crippen LogP contribution in [-0.4, -0.2) is 50.2 Å². The highest BCUT2D eigenvalue weighted by Crippen LogP contribution is 2.26. The van der Waals surface area contributed by atoms with Crippen LogP contribution in [0.2, 0.25) is 0 Å². The number of alkyl halides is 2. The van der Waals surface area contributed by atoms with Crippen molar-refractivity contribution in [2.75, 3.05) is 32.8 Å². The predicted octanol–water partition coefficient (Wildman–Crippen LogP) is 3.98. The van der Waals surface area contributed by atoms with E-state index in [2.05, 4.69) is 16.3 Å². The van der Waals surface area contributed by atoms with Crippen molar-refractivity contribution in [1.29, 1.82) is 0 Å². The highest BCUT2D eigenvalue weighted by atomic mass is 32.1. The predicted molar refractivity (Wildman–Crippen MR) is 102 cm³/mol. The summed E-state index contributed by atoms with van der Waals surface area (Å²) in [6.07, 6.45) is -1.28. The number of ether oxygens (including phenoxy) is 1. The van der Waals surface area contributed by atoms with Crippen molar-refractivity contribution < 1.29 is 13.5 Å². The summed E-state index contributed by atoms with van der Waals surface area (Å²) >= 11 is 1.68. The largest absolute Gasteiger partial charge is 0.379 e. The van der Waals surface area contributed by atoms with Gasteiger partial charge in [-0.1, -0.05) is 36.4 Å². The van der Waals surface area contributed by atoms with Crippen LogP contribution >= 0.6 is 11.3 Å². The molecule has 1 aromatic carbocycles. The molecule has 2 unspecified atom stereocenters. The number of benzene rings is 1. The highest BCUT2D eigenvalue weighted by Gasteiger charge is 2.26. The normalized spacial score (nSPS) is 18.1. The Morgan fingerprint density at radius 2 is 1.85 bits per heavy atom. The van der Waals surface area contributed by atoms with Crippen LogP contribution in [0.25, 0.3) is 0 Å². The van der Waals surface area contributed by atoms with Crippen LogP contribution in [0.5, 0.6) is 0 Å². The van der Waals surface area contributed by atoms with Gasteiger partial charge in [-0.25, -0.2) is 8.78 Å². The zero-order chi connectivity index (χ0) is 18.2. The molecule has 1 N–H and O–H groups in total. The van der Waals surface area contributed by atoms with Crippen molar-refractivity contribution in [3.63, 3.8) is 0 Å². The minimum absolute atomic E-state index is 0.122. The molecule has 1 fully saturated rings. The highest BCUT2D eigenvalue weighted by molar-refractivity contribution is 7.10. The molecule has 0 radical (unpaired) electrons. The Balaban J connectivity index is 1.59. The van der Waals surface area contributed by atoms with E-state index in [-0.39, 0.29) is 6.04 Å². The maximum absolute atomic E-state index is 13.5. The molecule has 1 saturated heterocycles. The van der Waals surface area contributed by atoms with E-state index in [1.807, 2.05) is 41.8 Å². The van der Waals surface area contributed by atoms with Crippen molar-refractivity contribution in [3.05, 3.63) is 58.3 Å². The van der Waals surface area contributed by atoms with Gasteiger partial charge in [0.05, 0.1) is 25.3 Å². The van der Waals surface area contributed by atoms with Gasteiger partial charge >= 0.3 is 0 Å². The summed E-state index contributed by atoms with van der Waals surface area (Å²) in [5.41, 5.74) is 1.10. The second kappa shape index (κ2) is 10.1.